The Morgan fingerprint density at radius 2 is 2.00 bits per heavy atom. The lowest BCUT2D eigenvalue weighted by Crippen LogP contribution is -1.83. The molecule has 0 bridgehead atoms. The van der Waals surface area contributed by atoms with Gasteiger partial charge >= 0.3 is 0 Å². The second-order valence-electron chi connectivity index (χ2n) is 2.75. The highest BCUT2D eigenvalue weighted by Crippen LogP contribution is 2.31. The van der Waals surface area contributed by atoms with Crippen LogP contribution in [0, 0.1) is 6.92 Å². The maximum atomic E-state index is 5.25. The van der Waals surface area contributed by atoms with Gasteiger partial charge in [0, 0.05) is 10.1 Å². The van der Waals surface area contributed by atoms with Gasteiger partial charge in [-0.1, -0.05) is 13.5 Å². The molecule has 2 heteroatoms. The summed E-state index contributed by atoms with van der Waals surface area (Å²) in [5.74, 6) is 0.969. The number of methoxy groups -OCH3 is 1. The zero-order chi connectivity index (χ0) is 8.55. The molecule has 1 heterocycles. The summed E-state index contributed by atoms with van der Waals surface area (Å²) in [5, 5.41) is 3.32. The van der Waals surface area contributed by atoms with E-state index in [2.05, 4.69) is 24.4 Å². The molecule has 13 heavy (non-hydrogen) atoms. The van der Waals surface area contributed by atoms with Gasteiger partial charge in [0.15, 0.2) is 0 Å². The first kappa shape index (κ1) is 10.1. The number of fused-ring (bicyclic) bond motifs is 1. The summed E-state index contributed by atoms with van der Waals surface area (Å²) in [6.07, 6.45) is 0. The Hall–Kier alpha value is -1.02. The van der Waals surface area contributed by atoms with Crippen LogP contribution in [0.25, 0.3) is 10.1 Å². The normalized spacial score (nSPS) is 9.69. The Kier molecular flexibility index (Phi) is 2.94. The van der Waals surface area contributed by atoms with Gasteiger partial charge in [0.2, 0.25) is 0 Å². The molecule has 0 spiro atoms. The van der Waals surface area contributed by atoms with Crippen molar-refractivity contribution in [2.75, 3.05) is 7.11 Å². The molecule has 0 unspecified atom stereocenters. The molecule has 0 aliphatic heterocycles. The molecule has 0 aliphatic carbocycles. The van der Waals surface area contributed by atoms with Crippen molar-refractivity contribution < 1.29 is 4.74 Å². The van der Waals surface area contributed by atoms with Crippen molar-refractivity contribution in [2.45, 2.75) is 14.4 Å². The summed E-state index contributed by atoms with van der Waals surface area (Å²) >= 11 is 1.76. The van der Waals surface area contributed by atoms with E-state index in [0.29, 0.717) is 0 Å². The average molecular weight is 194 g/mol. The van der Waals surface area contributed by atoms with Crippen LogP contribution >= 0.6 is 11.3 Å². The SMILES string of the molecule is C.COc1ccc(C)c2sccc12. The largest absolute Gasteiger partial charge is 0.496 e. The monoisotopic (exact) mass is 194 g/mol. The van der Waals surface area contributed by atoms with E-state index < -0.39 is 0 Å². The predicted molar refractivity (Wildman–Crippen MR) is 59.8 cm³/mol. The Morgan fingerprint density at radius 3 is 2.69 bits per heavy atom. The molecule has 0 fully saturated rings. The lowest BCUT2D eigenvalue weighted by atomic mass is 10.2. The van der Waals surface area contributed by atoms with Crippen LogP contribution in [0.3, 0.4) is 0 Å². The number of hydrogen-bond acceptors (Lipinski definition) is 2. The summed E-state index contributed by atoms with van der Waals surface area (Å²) < 4.78 is 6.58. The van der Waals surface area contributed by atoms with E-state index in [1.807, 2.05) is 6.07 Å². The summed E-state index contributed by atoms with van der Waals surface area (Å²) in [5.41, 5.74) is 1.32. The van der Waals surface area contributed by atoms with Crippen LogP contribution in [0.15, 0.2) is 23.6 Å². The summed E-state index contributed by atoms with van der Waals surface area (Å²) in [4.78, 5) is 0. The van der Waals surface area contributed by atoms with E-state index in [9.17, 15) is 0 Å². The van der Waals surface area contributed by atoms with Gasteiger partial charge in [0.25, 0.3) is 0 Å². The van der Waals surface area contributed by atoms with Crippen molar-refractivity contribution in [1.29, 1.82) is 0 Å². The van der Waals surface area contributed by atoms with Gasteiger partial charge in [-0.2, -0.15) is 0 Å². The third-order valence-corrected chi connectivity index (χ3v) is 3.04. The van der Waals surface area contributed by atoms with E-state index in [0.717, 1.165) is 5.75 Å². The molecule has 1 aromatic heterocycles. The quantitative estimate of drug-likeness (QED) is 0.670. The summed E-state index contributed by atoms with van der Waals surface area (Å²) in [6.45, 7) is 2.12. The second kappa shape index (κ2) is 3.79. The minimum atomic E-state index is 0. The molecule has 2 aromatic rings. The van der Waals surface area contributed by atoms with Crippen LogP contribution in [0.5, 0.6) is 5.75 Å². The van der Waals surface area contributed by atoms with Crippen LogP contribution in [-0.2, 0) is 0 Å². The Balaban J connectivity index is 0.000000845. The molecule has 2 rings (SSSR count). The van der Waals surface area contributed by atoms with E-state index in [-0.39, 0.29) is 7.43 Å². The lowest BCUT2D eigenvalue weighted by Gasteiger charge is -2.02. The van der Waals surface area contributed by atoms with Crippen molar-refractivity contribution in [1.82, 2.24) is 0 Å². The van der Waals surface area contributed by atoms with E-state index in [1.54, 1.807) is 18.4 Å². The second-order valence-corrected chi connectivity index (χ2v) is 3.66. The Bertz CT molecular complexity index is 403. The van der Waals surface area contributed by atoms with Gasteiger partial charge in [-0.05, 0) is 30.0 Å². The molecule has 0 amide bonds. The minimum Gasteiger partial charge on any atom is -0.496 e. The van der Waals surface area contributed by atoms with Crippen LogP contribution < -0.4 is 4.74 Å². The fourth-order valence-electron chi connectivity index (χ4n) is 1.35. The molecule has 0 atom stereocenters. The highest BCUT2D eigenvalue weighted by molar-refractivity contribution is 7.17. The highest BCUT2D eigenvalue weighted by Gasteiger charge is 2.03. The molecule has 1 nitrogen and oxygen atoms in total. The average Bonchev–Trinajstić information content (AvgIpc) is 2.54. The molecule has 0 aliphatic rings. The summed E-state index contributed by atoms with van der Waals surface area (Å²) in [6, 6.07) is 6.22. The molecule has 0 saturated carbocycles. The van der Waals surface area contributed by atoms with Gasteiger partial charge in [0.05, 0.1) is 7.11 Å². The first-order chi connectivity index (χ1) is 5.83. The van der Waals surface area contributed by atoms with Gasteiger partial charge in [-0.3, -0.25) is 0 Å². The van der Waals surface area contributed by atoms with Crippen LogP contribution in [0.4, 0.5) is 0 Å². The lowest BCUT2D eigenvalue weighted by molar-refractivity contribution is 0.420. The van der Waals surface area contributed by atoms with Gasteiger partial charge < -0.3 is 4.74 Å². The first-order valence-corrected chi connectivity index (χ1v) is 4.71. The van der Waals surface area contributed by atoms with Crippen LogP contribution in [0.2, 0.25) is 0 Å². The first-order valence-electron chi connectivity index (χ1n) is 3.83. The number of aryl methyl sites for hydroxylation is 1. The molecular formula is C11H14OS. The van der Waals surface area contributed by atoms with Crippen molar-refractivity contribution in [2.24, 2.45) is 0 Å². The van der Waals surface area contributed by atoms with E-state index >= 15 is 0 Å². The van der Waals surface area contributed by atoms with E-state index in [4.69, 9.17) is 4.74 Å². The van der Waals surface area contributed by atoms with Crippen LogP contribution in [-0.4, -0.2) is 7.11 Å². The minimum absolute atomic E-state index is 0. The molecular weight excluding hydrogens is 180 g/mol. The third kappa shape index (κ3) is 1.54. The fraction of sp³-hybridized carbons (Fsp3) is 0.273. The van der Waals surface area contributed by atoms with Crippen molar-refractivity contribution in [3.63, 3.8) is 0 Å². The number of rotatable bonds is 1. The molecule has 0 N–H and O–H groups in total. The number of benzene rings is 1. The maximum Gasteiger partial charge on any atom is 0.127 e. The maximum absolute atomic E-state index is 5.25. The zero-order valence-corrected chi connectivity index (χ0v) is 7.94. The van der Waals surface area contributed by atoms with Crippen LogP contribution in [0.1, 0.15) is 13.0 Å². The van der Waals surface area contributed by atoms with E-state index in [1.165, 1.54) is 15.6 Å². The third-order valence-electron chi connectivity index (χ3n) is 1.99. The zero-order valence-electron chi connectivity index (χ0n) is 7.13. The van der Waals surface area contributed by atoms with Crippen molar-refractivity contribution in [3.8, 4) is 5.75 Å². The van der Waals surface area contributed by atoms with Crippen molar-refractivity contribution in [3.05, 3.63) is 29.1 Å². The number of thiophene rings is 1. The Morgan fingerprint density at radius 1 is 1.23 bits per heavy atom. The molecule has 1 aromatic carbocycles. The molecule has 0 radical (unpaired) electrons. The number of hydrogen-bond donors (Lipinski definition) is 0. The predicted octanol–water partition coefficient (Wildman–Crippen LogP) is 3.85. The van der Waals surface area contributed by atoms with Gasteiger partial charge in [-0.25, -0.2) is 0 Å². The van der Waals surface area contributed by atoms with Crippen molar-refractivity contribution >= 4 is 21.4 Å². The standard InChI is InChI=1S/C10H10OS.CH4/c1-7-3-4-9(11-2)8-5-6-12-10(7)8;/h3-6H,1-2H3;1H4. The molecule has 70 valence electrons. The van der Waals surface area contributed by atoms with Gasteiger partial charge in [-0.15, -0.1) is 11.3 Å². The fourth-order valence-corrected chi connectivity index (χ4v) is 2.24. The highest BCUT2D eigenvalue weighted by atomic mass is 32.1. The smallest absolute Gasteiger partial charge is 0.127 e. The summed E-state index contributed by atoms with van der Waals surface area (Å²) in [7, 11) is 1.71. The Labute approximate surface area is 83.0 Å². The van der Waals surface area contributed by atoms with Gasteiger partial charge in [0.1, 0.15) is 5.75 Å². The number of ether oxygens (including phenoxy) is 1. The molecule has 0 saturated heterocycles. The topological polar surface area (TPSA) is 9.23 Å².